The summed E-state index contributed by atoms with van der Waals surface area (Å²) in [6.45, 7) is 0. The Bertz CT molecular complexity index is 342. The molecule has 0 bridgehead atoms. The smallest absolute Gasteiger partial charge is 0.0836 e. The highest BCUT2D eigenvalue weighted by molar-refractivity contribution is 5.63. The molecule has 0 saturated heterocycles. The molecule has 0 aromatic carbocycles. The molecule has 3 heteroatoms. The number of pyridine rings is 1. The maximum absolute atomic E-state index is 6.14. The molecule has 2 N–H and O–H groups in total. The zero-order chi connectivity index (χ0) is 9.15. The fraction of sp³-hybridized carbons (Fsp3) is 0.200. The van der Waals surface area contributed by atoms with Gasteiger partial charge in [-0.25, -0.2) is 0 Å². The van der Waals surface area contributed by atoms with Gasteiger partial charge in [0.1, 0.15) is 0 Å². The molecule has 0 spiro atoms. The van der Waals surface area contributed by atoms with Crippen LogP contribution in [0.25, 0.3) is 0 Å². The summed E-state index contributed by atoms with van der Waals surface area (Å²) in [5.74, 6) is 0. The molecule has 1 aromatic heterocycles. The number of nitrogens with two attached hydrogens (primary N) is 1. The van der Waals surface area contributed by atoms with Crippen molar-refractivity contribution in [3.05, 3.63) is 42.4 Å². The number of nitrogens with zero attached hydrogens (tertiary/aromatic N) is 2. The molecular formula is C10H11N3. The van der Waals surface area contributed by atoms with Crippen molar-refractivity contribution >= 4 is 6.21 Å². The second-order valence-corrected chi connectivity index (χ2v) is 3.11. The van der Waals surface area contributed by atoms with Crippen LogP contribution in [0.1, 0.15) is 12.1 Å². The van der Waals surface area contributed by atoms with Crippen LogP contribution in [-0.4, -0.2) is 11.2 Å². The third kappa shape index (κ3) is 1.51. The Balaban J connectivity index is 2.35. The largest absolute Gasteiger partial charge is 0.317 e. The summed E-state index contributed by atoms with van der Waals surface area (Å²) in [4.78, 5) is 8.22. The Hall–Kier alpha value is -1.48. The van der Waals surface area contributed by atoms with Crippen molar-refractivity contribution in [2.75, 3.05) is 0 Å². The van der Waals surface area contributed by atoms with Crippen LogP contribution in [0.5, 0.6) is 0 Å². The second kappa shape index (κ2) is 3.11. The molecule has 0 amide bonds. The van der Waals surface area contributed by atoms with Crippen LogP contribution in [-0.2, 0) is 5.54 Å². The van der Waals surface area contributed by atoms with Gasteiger partial charge in [0.15, 0.2) is 0 Å². The van der Waals surface area contributed by atoms with Gasteiger partial charge >= 0.3 is 0 Å². The van der Waals surface area contributed by atoms with Crippen LogP contribution in [0, 0.1) is 0 Å². The number of aromatic nitrogens is 1. The topological polar surface area (TPSA) is 51.3 Å². The highest BCUT2D eigenvalue weighted by atomic mass is 14.9. The van der Waals surface area contributed by atoms with Crippen molar-refractivity contribution in [1.29, 1.82) is 0 Å². The molecule has 0 aliphatic carbocycles. The lowest BCUT2D eigenvalue weighted by Gasteiger charge is -2.24. The third-order valence-corrected chi connectivity index (χ3v) is 2.13. The van der Waals surface area contributed by atoms with Gasteiger partial charge in [-0.1, -0.05) is 6.07 Å². The van der Waals surface area contributed by atoms with E-state index >= 15 is 0 Å². The van der Waals surface area contributed by atoms with Crippen LogP contribution in [0.4, 0.5) is 0 Å². The average Bonchev–Trinajstić information content (AvgIpc) is 2.20. The van der Waals surface area contributed by atoms with Crippen LogP contribution < -0.4 is 5.73 Å². The predicted molar refractivity (Wildman–Crippen MR) is 52.4 cm³/mol. The highest BCUT2D eigenvalue weighted by Crippen LogP contribution is 2.22. The standard InChI is InChI=1S/C10H11N3/c11-10(4-7-12-8-5-10)9-3-1-2-6-13-9/h1-4,6-8H,5,11H2/t10-/m1/s1. The van der Waals surface area contributed by atoms with E-state index in [0.717, 1.165) is 5.69 Å². The van der Waals surface area contributed by atoms with Crippen molar-refractivity contribution in [3.63, 3.8) is 0 Å². The predicted octanol–water partition coefficient (Wildman–Crippen LogP) is 1.22. The van der Waals surface area contributed by atoms with Crippen molar-refractivity contribution in [2.45, 2.75) is 12.0 Å². The first-order chi connectivity index (χ1) is 6.31. The normalized spacial score (nSPS) is 26.2. The first kappa shape index (κ1) is 8.13. The maximum atomic E-state index is 6.14. The van der Waals surface area contributed by atoms with Gasteiger partial charge in [-0.15, -0.1) is 0 Å². The molecule has 0 unspecified atom stereocenters. The van der Waals surface area contributed by atoms with Gasteiger partial charge in [-0.3, -0.25) is 9.98 Å². The molecule has 0 saturated carbocycles. The Labute approximate surface area is 77.0 Å². The van der Waals surface area contributed by atoms with Gasteiger partial charge in [-0.05, 0) is 18.2 Å². The molecule has 3 nitrogen and oxygen atoms in total. The molecule has 66 valence electrons. The number of hydrogen-bond acceptors (Lipinski definition) is 3. The molecule has 1 aliphatic rings. The van der Waals surface area contributed by atoms with Gasteiger partial charge in [0, 0.05) is 25.0 Å². The molecule has 0 radical (unpaired) electrons. The number of aliphatic imine (C=N–C) groups is 1. The van der Waals surface area contributed by atoms with E-state index in [4.69, 9.17) is 5.73 Å². The molecular weight excluding hydrogens is 162 g/mol. The fourth-order valence-corrected chi connectivity index (χ4v) is 1.34. The van der Waals surface area contributed by atoms with Crippen molar-refractivity contribution < 1.29 is 0 Å². The summed E-state index contributed by atoms with van der Waals surface area (Å²) < 4.78 is 0. The minimum Gasteiger partial charge on any atom is -0.317 e. The summed E-state index contributed by atoms with van der Waals surface area (Å²) in [6, 6.07) is 5.76. The minimum absolute atomic E-state index is 0.469. The lowest BCUT2D eigenvalue weighted by Crippen LogP contribution is -2.36. The van der Waals surface area contributed by atoms with Crippen molar-refractivity contribution in [2.24, 2.45) is 10.7 Å². The summed E-state index contributed by atoms with van der Waals surface area (Å²) in [5.41, 5.74) is 6.56. The van der Waals surface area contributed by atoms with Crippen LogP contribution >= 0.6 is 0 Å². The van der Waals surface area contributed by atoms with Gasteiger partial charge < -0.3 is 5.73 Å². The van der Waals surface area contributed by atoms with E-state index in [1.807, 2.05) is 30.5 Å². The first-order valence-corrected chi connectivity index (χ1v) is 4.21. The van der Waals surface area contributed by atoms with E-state index in [9.17, 15) is 0 Å². The van der Waals surface area contributed by atoms with Gasteiger partial charge in [0.2, 0.25) is 0 Å². The quantitative estimate of drug-likeness (QED) is 0.694. The van der Waals surface area contributed by atoms with Crippen LogP contribution in [0.2, 0.25) is 0 Å². The van der Waals surface area contributed by atoms with E-state index in [1.165, 1.54) is 0 Å². The zero-order valence-corrected chi connectivity index (χ0v) is 7.22. The summed E-state index contributed by atoms with van der Waals surface area (Å²) in [7, 11) is 0. The van der Waals surface area contributed by atoms with Gasteiger partial charge in [0.05, 0.1) is 11.2 Å². The SMILES string of the molecule is N[C@]1(c2ccccn2)C=CN=CC1. The van der Waals surface area contributed by atoms with Gasteiger partial charge in [0.25, 0.3) is 0 Å². The van der Waals surface area contributed by atoms with Gasteiger partial charge in [-0.2, -0.15) is 0 Å². The highest BCUT2D eigenvalue weighted by Gasteiger charge is 2.25. The molecule has 2 heterocycles. The lowest BCUT2D eigenvalue weighted by atomic mass is 9.91. The van der Waals surface area contributed by atoms with E-state index < -0.39 is 5.54 Å². The monoisotopic (exact) mass is 173 g/mol. The van der Waals surface area contributed by atoms with Crippen LogP contribution in [0.3, 0.4) is 0 Å². The number of rotatable bonds is 1. The Morgan fingerprint density at radius 3 is 2.92 bits per heavy atom. The Morgan fingerprint density at radius 2 is 2.31 bits per heavy atom. The van der Waals surface area contributed by atoms with Crippen molar-refractivity contribution in [1.82, 2.24) is 4.98 Å². The Morgan fingerprint density at radius 1 is 1.38 bits per heavy atom. The molecule has 1 aliphatic heterocycles. The molecule has 2 rings (SSSR count). The molecule has 0 fully saturated rings. The average molecular weight is 173 g/mol. The van der Waals surface area contributed by atoms with E-state index in [0.29, 0.717) is 6.42 Å². The number of hydrogen-bond donors (Lipinski definition) is 1. The fourth-order valence-electron chi connectivity index (χ4n) is 1.34. The summed E-state index contributed by atoms with van der Waals surface area (Å²) in [5, 5.41) is 0. The van der Waals surface area contributed by atoms with E-state index in [1.54, 1.807) is 12.4 Å². The summed E-state index contributed by atoms with van der Waals surface area (Å²) in [6.07, 6.45) is 7.88. The first-order valence-electron chi connectivity index (χ1n) is 4.21. The zero-order valence-electron chi connectivity index (χ0n) is 7.22. The maximum Gasteiger partial charge on any atom is 0.0836 e. The van der Waals surface area contributed by atoms with Crippen LogP contribution in [0.15, 0.2) is 41.7 Å². The van der Waals surface area contributed by atoms with E-state index in [2.05, 4.69) is 9.98 Å². The molecule has 1 aromatic rings. The minimum atomic E-state index is -0.469. The van der Waals surface area contributed by atoms with Crippen molar-refractivity contribution in [3.8, 4) is 0 Å². The van der Waals surface area contributed by atoms with E-state index in [-0.39, 0.29) is 0 Å². The lowest BCUT2D eigenvalue weighted by molar-refractivity contribution is 0.565. The molecule has 1 atom stereocenters. The second-order valence-electron chi connectivity index (χ2n) is 3.11. The third-order valence-electron chi connectivity index (χ3n) is 2.13. The molecule has 13 heavy (non-hydrogen) atoms. The summed E-state index contributed by atoms with van der Waals surface area (Å²) >= 11 is 0. The Kier molecular flexibility index (Phi) is 1.94.